The van der Waals surface area contributed by atoms with E-state index in [1.54, 1.807) is 24.4 Å². The smallest absolute Gasteiger partial charge is 0.336 e. The molecule has 0 radical (unpaired) electrons. The highest BCUT2D eigenvalue weighted by Crippen LogP contribution is 2.29. The molecular weight excluding hydrogens is 444 g/mol. The van der Waals surface area contributed by atoms with Crippen molar-refractivity contribution in [2.24, 2.45) is 0 Å². The molecule has 0 fully saturated rings. The topological polar surface area (TPSA) is 80.0 Å². The van der Waals surface area contributed by atoms with E-state index in [-0.39, 0.29) is 5.56 Å². The summed E-state index contributed by atoms with van der Waals surface area (Å²) in [6.45, 7) is 0. The number of nitrogens with one attached hydrogen (secondary N) is 1. The zero-order valence-corrected chi connectivity index (χ0v) is 17.2. The normalized spacial score (nSPS) is 11.1. The number of carboxylic acids is 1. The third-order valence-corrected chi connectivity index (χ3v) is 5.66. The van der Waals surface area contributed by atoms with Crippen molar-refractivity contribution in [2.75, 3.05) is 5.32 Å². The Morgan fingerprint density at radius 1 is 0.933 bits per heavy atom. The number of fused-ring (bicyclic) bond motifs is 2. The highest BCUT2D eigenvalue weighted by molar-refractivity contribution is 9.10. The number of hydrogen-bond acceptors (Lipinski definition) is 4. The number of benzene rings is 3. The Labute approximate surface area is 180 Å². The Morgan fingerprint density at radius 3 is 2.60 bits per heavy atom. The van der Waals surface area contributed by atoms with E-state index in [0.717, 1.165) is 32.3 Å². The molecule has 146 valence electrons. The van der Waals surface area contributed by atoms with Crippen LogP contribution < -0.4 is 5.32 Å². The number of carbonyl (C=O) groups is 1. The van der Waals surface area contributed by atoms with E-state index in [4.69, 9.17) is 0 Å². The summed E-state index contributed by atoms with van der Waals surface area (Å²) >= 11 is 3.58. The third-order valence-electron chi connectivity index (χ3n) is 4.97. The van der Waals surface area contributed by atoms with Gasteiger partial charge in [0.15, 0.2) is 0 Å². The van der Waals surface area contributed by atoms with Crippen molar-refractivity contribution in [3.05, 3.63) is 89.2 Å². The van der Waals surface area contributed by atoms with Gasteiger partial charge in [-0.3, -0.25) is 0 Å². The fraction of sp³-hybridized carbons (Fsp3) is 0. The summed E-state index contributed by atoms with van der Waals surface area (Å²) in [5.41, 5.74) is 2.04. The number of nitrogens with zero attached hydrogens (tertiary/aromatic N) is 3. The summed E-state index contributed by atoms with van der Waals surface area (Å²) in [4.78, 5) is 20.5. The van der Waals surface area contributed by atoms with Gasteiger partial charge < -0.3 is 15.0 Å². The van der Waals surface area contributed by atoms with Gasteiger partial charge in [-0.25, -0.2) is 9.78 Å². The van der Waals surface area contributed by atoms with Crippen LogP contribution >= 0.6 is 15.9 Å². The van der Waals surface area contributed by atoms with Crippen LogP contribution in [0.2, 0.25) is 0 Å². The van der Waals surface area contributed by atoms with Crippen LogP contribution in [0.15, 0.2) is 83.6 Å². The third kappa shape index (κ3) is 3.09. The van der Waals surface area contributed by atoms with E-state index >= 15 is 0 Å². The molecule has 2 N–H and O–H groups in total. The minimum atomic E-state index is -0.957. The van der Waals surface area contributed by atoms with E-state index in [1.807, 2.05) is 59.3 Å². The molecule has 7 heteroatoms. The predicted molar refractivity (Wildman–Crippen MR) is 121 cm³/mol. The summed E-state index contributed by atoms with van der Waals surface area (Å²) < 4.78 is 3.02. The van der Waals surface area contributed by atoms with Gasteiger partial charge in [-0.05, 0) is 41.8 Å². The van der Waals surface area contributed by atoms with E-state index in [9.17, 15) is 9.90 Å². The van der Waals surface area contributed by atoms with Crippen molar-refractivity contribution in [1.82, 2.24) is 14.5 Å². The van der Waals surface area contributed by atoms with Gasteiger partial charge in [0, 0.05) is 33.3 Å². The molecule has 0 saturated carbocycles. The molecule has 5 rings (SSSR count). The first-order valence-corrected chi connectivity index (χ1v) is 10.0. The largest absolute Gasteiger partial charge is 0.478 e. The molecule has 0 aliphatic heterocycles. The molecule has 2 aromatic heterocycles. The maximum Gasteiger partial charge on any atom is 0.336 e. The Bertz CT molecular complexity index is 1430. The molecule has 3 aromatic carbocycles. The van der Waals surface area contributed by atoms with E-state index < -0.39 is 5.97 Å². The number of anilines is 2. The van der Waals surface area contributed by atoms with Crippen LogP contribution in [0.5, 0.6) is 0 Å². The molecule has 30 heavy (non-hydrogen) atoms. The average molecular weight is 459 g/mol. The molecular formula is C23H15BrN4O2. The van der Waals surface area contributed by atoms with Crippen molar-refractivity contribution < 1.29 is 9.90 Å². The van der Waals surface area contributed by atoms with Gasteiger partial charge in [0.25, 0.3) is 0 Å². The summed E-state index contributed by atoms with van der Waals surface area (Å²) in [5.74, 6) is 0.200. The number of aromatic nitrogens is 3. The zero-order chi connectivity index (χ0) is 20.7. The van der Waals surface area contributed by atoms with E-state index in [1.165, 1.54) is 0 Å². The van der Waals surface area contributed by atoms with E-state index in [2.05, 4.69) is 31.2 Å². The summed E-state index contributed by atoms with van der Waals surface area (Å²) in [6, 6.07) is 20.6. The number of hydrogen-bond donors (Lipinski definition) is 2. The lowest BCUT2D eigenvalue weighted by Crippen LogP contribution is -2.03. The summed E-state index contributed by atoms with van der Waals surface area (Å²) in [6.07, 6.45) is 3.67. The van der Waals surface area contributed by atoms with Crippen LogP contribution in [-0.4, -0.2) is 25.6 Å². The number of aromatic carboxylic acids is 1. The Balaban J connectivity index is 1.57. The standard InChI is InChI=1S/C23H15BrN4O2/c24-18-6-3-7-20-17(18)11-13-28(20)21-10-12-25-23(27-21)26-19-9-8-16(22(29)30)14-4-1-2-5-15(14)19/h1-13H,(H,29,30)(H,25,26,27). The van der Waals surface area contributed by atoms with Gasteiger partial charge in [0.1, 0.15) is 5.82 Å². The second kappa shape index (κ2) is 7.27. The van der Waals surface area contributed by atoms with Crippen LogP contribution in [-0.2, 0) is 0 Å². The van der Waals surface area contributed by atoms with Crippen LogP contribution in [0.4, 0.5) is 11.6 Å². The van der Waals surface area contributed by atoms with Crippen LogP contribution in [0, 0.1) is 0 Å². The fourth-order valence-corrected chi connectivity index (χ4v) is 4.08. The summed E-state index contributed by atoms with van der Waals surface area (Å²) in [5, 5.41) is 15.2. The lowest BCUT2D eigenvalue weighted by Gasteiger charge is -2.12. The van der Waals surface area contributed by atoms with Gasteiger partial charge in [0.05, 0.1) is 11.1 Å². The van der Waals surface area contributed by atoms with Gasteiger partial charge in [-0.1, -0.05) is 46.3 Å². The van der Waals surface area contributed by atoms with Crippen molar-refractivity contribution in [3.8, 4) is 5.82 Å². The van der Waals surface area contributed by atoms with Gasteiger partial charge >= 0.3 is 5.97 Å². The lowest BCUT2D eigenvalue weighted by molar-refractivity contribution is 0.0699. The lowest BCUT2D eigenvalue weighted by atomic mass is 10.0. The highest BCUT2D eigenvalue weighted by atomic mass is 79.9. The molecule has 0 bridgehead atoms. The SMILES string of the molecule is O=C(O)c1ccc(Nc2nccc(-n3ccc4c(Br)cccc43)n2)c2ccccc12. The second-order valence-electron chi connectivity index (χ2n) is 6.73. The Kier molecular flexibility index (Phi) is 4.44. The molecule has 0 aliphatic carbocycles. The minimum Gasteiger partial charge on any atom is -0.478 e. The maximum atomic E-state index is 11.5. The minimum absolute atomic E-state index is 0.259. The van der Waals surface area contributed by atoms with Crippen molar-refractivity contribution >= 4 is 55.2 Å². The molecule has 2 heterocycles. The first-order valence-electron chi connectivity index (χ1n) is 9.23. The molecule has 0 amide bonds. The fourth-order valence-electron chi connectivity index (χ4n) is 3.59. The zero-order valence-electron chi connectivity index (χ0n) is 15.6. The monoisotopic (exact) mass is 458 g/mol. The van der Waals surface area contributed by atoms with Crippen molar-refractivity contribution in [2.45, 2.75) is 0 Å². The Hall–Kier alpha value is -3.71. The second-order valence-corrected chi connectivity index (χ2v) is 7.59. The molecule has 0 atom stereocenters. The van der Waals surface area contributed by atoms with Crippen LogP contribution in [0.3, 0.4) is 0 Å². The van der Waals surface area contributed by atoms with Gasteiger partial charge in [0.2, 0.25) is 5.95 Å². The predicted octanol–water partition coefficient (Wildman–Crippen LogP) is 5.78. The quantitative estimate of drug-likeness (QED) is 0.356. The Morgan fingerprint density at radius 2 is 1.77 bits per heavy atom. The highest BCUT2D eigenvalue weighted by Gasteiger charge is 2.12. The van der Waals surface area contributed by atoms with Crippen LogP contribution in [0.1, 0.15) is 10.4 Å². The molecule has 5 aromatic rings. The van der Waals surface area contributed by atoms with Gasteiger partial charge in [-0.15, -0.1) is 0 Å². The van der Waals surface area contributed by atoms with Crippen molar-refractivity contribution in [1.29, 1.82) is 0 Å². The first kappa shape index (κ1) is 18.3. The molecule has 0 saturated heterocycles. The molecule has 6 nitrogen and oxygen atoms in total. The average Bonchev–Trinajstić information content (AvgIpc) is 3.19. The van der Waals surface area contributed by atoms with Gasteiger partial charge in [-0.2, -0.15) is 4.98 Å². The summed E-state index contributed by atoms with van der Waals surface area (Å²) in [7, 11) is 0. The number of rotatable bonds is 4. The maximum absolute atomic E-state index is 11.5. The molecule has 0 aliphatic rings. The van der Waals surface area contributed by atoms with Crippen molar-refractivity contribution in [3.63, 3.8) is 0 Å². The molecule has 0 spiro atoms. The van der Waals surface area contributed by atoms with E-state index in [0.29, 0.717) is 11.3 Å². The number of halogens is 1. The van der Waals surface area contributed by atoms with Crippen LogP contribution in [0.25, 0.3) is 27.5 Å². The first-order chi connectivity index (χ1) is 14.6. The number of carboxylic acid groups (broad SMARTS) is 1. The molecule has 0 unspecified atom stereocenters.